The van der Waals surface area contributed by atoms with E-state index in [1.807, 2.05) is 66.9 Å². The molecule has 1 amide bonds. The highest BCUT2D eigenvalue weighted by Crippen LogP contribution is 2.40. The van der Waals surface area contributed by atoms with Crippen molar-refractivity contribution in [1.82, 2.24) is 14.9 Å². The molecule has 2 heterocycles. The van der Waals surface area contributed by atoms with Gasteiger partial charge in [0.2, 0.25) is 11.8 Å². The number of aromatic amines is 1. The number of halogens is 1. The molecule has 4 rings (SSSR count). The van der Waals surface area contributed by atoms with Gasteiger partial charge in [-0.3, -0.25) is 4.79 Å². The molecule has 0 radical (unpaired) electrons. The number of fused-ring (bicyclic) bond motifs is 1. The third-order valence-corrected chi connectivity index (χ3v) is 7.45. The van der Waals surface area contributed by atoms with E-state index in [0.29, 0.717) is 17.5 Å². The maximum atomic E-state index is 11.8. The van der Waals surface area contributed by atoms with Crippen LogP contribution in [0.2, 0.25) is 5.02 Å². The van der Waals surface area contributed by atoms with Gasteiger partial charge in [-0.1, -0.05) is 61.9 Å². The number of benzene rings is 2. The van der Waals surface area contributed by atoms with Gasteiger partial charge in [-0.05, 0) is 66.7 Å². The largest absolute Gasteiger partial charge is 0.497 e. The van der Waals surface area contributed by atoms with Crippen LogP contribution < -0.4 is 9.47 Å². The maximum absolute atomic E-state index is 11.8. The second-order valence-electron chi connectivity index (χ2n) is 10.2. The average molecular weight is 572 g/mol. The van der Waals surface area contributed by atoms with Gasteiger partial charge in [-0.2, -0.15) is 0 Å². The second kappa shape index (κ2) is 14.0. The molecule has 0 spiro atoms. The molecule has 0 aliphatic heterocycles. The molecule has 1 N–H and O–H groups in total. The van der Waals surface area contributed by atoms with E-state index in [4.69, 9.17) is 21.1 Å². The zero-order valence-electron chi connectivity index (χ0n) is 24.4. The van der Waals surface area contributed by atoms with Gasteiger partial charge in [0.1, 0.15) is 5.75 Å². The minimum absolute atomic E-state index is 0.00262. The highest BCUT2D eigenvalue weighted by molar-refractivity contribution is 6.38. The molecule has 0 saturated carbocycles. The van der Waals surface area contributed by atoms with E-state index in [1.165, 1.54) is 0 Å². The molecule has 0 aliphatic carbocycles. The summed E-state index contributed by atoms with van der Waals surface area (Å²) in [5, 5.41) is 1.66. The van der Waals surface area contributed by atoms with Gasteiger partial charge in [0, 0.05) is 48.4 Å². The number of nitrogens with one attached hydrogen (secondary N) is 1. The first kappa shape index (κ1) is 29.9. The van der Waals surface area contributed by atoms with E-state index in [2.05, 4.69) is 29.9 Å². The van der Waals surface area contributed by atoms with Crippen LogP contribution in [-0.4, -0.2) is 48.6 Å². The molecule has 214 valence electrons. The van der Waals surface area contributed by atoms with Crippen LogP contribution in [0.4, 0.5) is 0 Å². The Morgan fingerprint density at radius 1 is 1.10 bits per heavy atom. The van der Waals surface area contributed by atoms with Crippen molar-refractivity contribution in [3.05, 3.63) is 101 Å². The fourth-order valence-electron chi connectivity index (χ4n) is 4.77. The number of hydrogen-bond donors (Lipinski definition) is 1. The van der Waals surface area contributed by atoms with Crippen LogP contribution in [0.1, 0.15) is 49.9 Å². The Bertz CT molecular complexity index is 1540. The van der Waals surface area contributed by atoms with Crippen LogP contribution >= 0.6 is 11.6 Å². The van der Waals surface area contributed by atoms with E-state index in [0.717, 1.165) is 63.9 Å². The van der Waals surface area contributed by atoms with Crippen LogP contribution in [0.25, 0.3) is 22.0 Å². The third-order valence-electron chi connectivity index (χ3n) is 7.05. The number of pyridine rings is 1. The Hall–Kier alpha value is -4.03. The summed E-state index contributed by atoms with van der Waals surface area (Å²) in [6.07, 6.45) is 7.98. The van der Waals surface area contributed by atoms with Crippen molar-refractivity contribution in [3.63, 3.8) is 0 Å². The number of aromatic nitrogens is 2. The van der Waals surface area contributed by atoms with Gasteiger partial charge < -0.3 is 19.4 Å². The maximum Gasteiger partial charge on any atom is 0.245 e. The van der Waals surface area contributed by atoms with Crippen molar-refractivity contribution in [1.29, 1.82) is 0 Å². The van der Waals surface area contributed by atoms with E-state index >= 15 is 0 Å². The van der Waals surface area contributed by atoms with Gasteiger partial charge >= 0.3 is 0 Å². The number of nitrogens with zero attached hydrogens (tertiary/aromatic N) is 2. The van der Waals surface area contributed by atoms with Gasteiger partial charge in [-0.25, -0.2) is 4.98 Å². The predicted molar refractivity (Wildman–Crippen MR) is 168 cm³/mol. The lowest BCUT2D eigenvalue weighted by molar-refractivity contribution is -0.123. The van der Waals surface area contributed by atoms with Gasteiger partial charge in [-0.15, -0.1) is 0 Å². The number of methoxy groups -OCH3 is 1. The molecule has 0 saturated heterocycles. The number of para-hydroxylation sites is 1. The molecule has 41 heavy (non-hydrogen) atoms. The van der Waals surface area contributed by atoms with Crippen LogP contribution in [0.15, 0.2) is 79.0 Å². The first-order valence-electron chi connectivity index (χ1n) is 13.9. The second-order valence-corrected chi connectivity index (χ2v) is 10.6. The molecule has 2 aromatic heterocycles. The Labute approximate surface area is 247 Å². The van der Waals surface area contributed by atoms with Crippen molar-refractivity contribution >= 4 is 39.6 Å². The number of allylic oxidation sites excluding steroid dienone is 2. The van der Waals surface area contributed by atoms with Crippen molar-refractivity contribution in [2.24, 2.45) is 5.92 Å². The zero-order chi connectivity index (χ0) is 29.4. The minimum Gasteiger partial charge on any atom is -0.497 e. The molecular formula is C34H38ClN3O3. The molecular weight excluding hydrogens is 534 g/mol. The number of amides is 1. The predicted octanol–water partition coefficient (Wildman–Crippen LogP) is 8.03. The third kappa shape index (κ3) is 7.39. The Morgan fingerprint density at radius 2 is 1.90 bits per heavy atom. The summed E-state index contributed by atoms with van der Waals surface area (Å²) in [4.78, 5) is 21.5. The molecule has 2 aromatic carbocycles. The van der Waals surface area contributed by atoms with Crippen molar-refractivity contribution in [2.45, 2.75) is 33.1 Å². The van der Waals surface area contributed by atoms with Crippen LogP contribution in [-0.2, 0) is 4.79 Å². The first-order chi connectivity index (χ1) is 19.8. The highest BCUT2D eigenvalue weighted by Gasteiger charge is 2.20. The lowest BCUT2D eigenvalue weighted by Crippen LogP contribution is -2.19. The number of likely N-dealkylation sites (N-methyl/N-ethyl adjacent to an activating group) is 1. The minimum atomic E-state index is -0.00262. The summed E-state index contributed by atoms with van der Waals surface area (Å²) in [6, 6.07) is 20.1. The smallest absolute Gasteiger partial charge is 0.245 e. The summed E-state index contributed by atoms with van der Waals surface area (Å²) in [6.45, 7) is 4.79. The molecule has 6 nitrogen and oxygen atoms in total. The van der Waals surface area contributed by atoms with Gasteiger partial charge in [0.25, 0.3) is 0 Å². The molecule has 7 heteroatoms. The molecule has 1 atom stereocenters. The lowest BCUT2D eigenvalue weighted by Gasteiger charge is -2.16. The van der Waals surface area contributed by atoms with Crippen molar-refractivity contribution in [2.75, 3.05) is 27.8 Å². The van der Waals surface area contributed by atoms with Crippen molar-refractivity contribution < 1.29 is 14.3 Å². The summed E-state index contributed by atoms with van der Waals surface area (Å²) in [7, 11) is 5.17. The first-order valence-corrected chi connectivity index (χ1v) is 14.3. The number of carbonyl (C=O) groups excluding carboxylic acids is 1. The van der Waals surface area contributed by atoms with Crippen molar-refractivity contribution in [3.8, 4) is 11.6 Å². The number of ether oxygens (including phenoxy) is 2. The molecule has 0 fully saturated rings. The van der Waals surface area contributed by atoms with Crippen LogP contribution in [0.5, 0.6) is 11.6 Å². The van der Waals surface area contributed by atoms with E-state index in [1.54, 1.807) is 32.2 Å². The highest BCUT2D eigenvalue weighted by atomic mass is 35.5. The summed E-state index contributed by atoms with van der Waals surface area (Å²) in [5.74, 6) is 1.65. The summed E-state index contributed by atoms with van der Waals surface area (Å²) >= 11 is 6.98. The Kier molecular flexibility index (Phi) is 10.3. The monoisotopic (exact) mass is 571 g/mol. The Balaban J connectivity index is 1.59. The van der Waals surface area contributed by atoms with Gasteiger partial charge in [0.15, 0.2) is 0 Å². The summed E-state index contributed by atoms with van der Waals surface area (Å²) < 4.78 is 11.5. The van der Waals surface area contributed by atoms with Crippen LogP contribution in [0, 0.1) is 5.92 Å². The standard InChI is InChI=1S/C34H38ClN3O3/c1-6-27(24-12-9-13-26(21-24)40-5)32(34-33(35)28-14-7-8-15-29(28)37-34)25-17-18-30(36-22-25)41-20-10-11-23(2)16-19-31(39)38(3)4/h7-9,12-19,21-23,37H,6,10-11,20H2,1-5H3/b19-16+,32-27+/t23-/m0/s1. The van der Waals surface area contributed by atoms with E-state index < -0.39 is 0 Å². The molecule has 4 aromatic rings. The molecule has 0 bridgehead atoms. The number of carbonyl (C=O) groups is 1. The molecule has 0 aliphatic rings. The Morgan fingerprint density at radius 3 is 2.59 bits per heavy atom. The normalized spacial score (nSPS) is 12.8. The number of hydrogen-bond acceptors (Lipinski definition) is 4. The molecule has 0 unspecified atom stereocenters. The SMILES string of the molecule is CC/C(=C(/c1ccc(OCCC[C@H](C)/C=C/C(=O)N(C)C)nc1)c1[nH]c2ccccc2c1Cl)c1cccc(OC)c1. The summed E-state index contributed by atoms with van der Waals surface area (Å²) in [5.41, 5.74) is 5.96. The fourth-order valence-corrected chi connectivity index (χ4v) is 5.08. The van der Waals surface area contributed by atoms with E-state index in [-0.39, 0.29) is 11.8 Å². The van der Waals surface area contributed by atoms with E-state index in [9.17, 15) is 4.79 Å². The fraction of sp³-hybridized carbons (Fsp3) is 0.294. The lowest BCUT2D eigenvalue weighted by atomic mass is 9.91. The van der Waals surface area contributed by atoms with Gasteiger partial charge in [0.05, 0.1) is 24.4 Å². The topological polar surface area (TPSA) is 67.5 Å². The average Bonchev–Trinajstić information content (AvgIpc) is 3.32. The number of H-pyrrole nitrogens is 1. The van der Waals surface area contributed by atoms with Crippen LogP contribution in [0.3, 0.4) is 0 Å². The number of rotatable bonds is 12. The zero-order valence-corrected chi connectivity index (χ0v) is 25.2. The quantitative estimate of drug-likeness (QED) is 0.138.